The summed E-state index contributed by atoms with van der Waals surface area (Å²) in [6.07, 6.45) is 1.72. The molecule has 0 aliphatic heterocycles. The zero-order valence-electron chi connectivity index (χ0n) is 14.1. The largest absolute Gasteiger partial charge is 0.256 e. The molecule has 3 rings (SSSR count). The molecule has 130 valence electrons. The molecule has 0 aliphatic carbocycles. The van der Waals surface area contributed by atoms with Gasteiger partial charge in [0.1, 0.15) is 0 Å². The molecule has 0 aliphatic rings. The fourth-order valence-electron chi connectivity index (χ4n) is 2.53. The molecule has 0 saturated heterocycles. The molecule has 0 amide bonds. The van der Waals surface area contributed by atoms with Gasteiger partial charge in [-0.1, -0.05) is 32.0 Å². The van der Waals surface area contributed by atoms with E-state index in [1.165, 1.54) is 0 Å². The van der Waals surface area contributed by atoms with Crippen molar-refractivity contribution in [2.75, 3.05) is 0 Å². The highest BCUT2D eigenvalue weighted by Crippen LogP contribution is 2.24. The Labute approximate surface area is 152 Å². The summed E-state index contributed by atoms with van der Waals surface area (Å²) >= 11 is 1.59. The molecule has 6 heteroatoms. The molecule has 0 radical (unpaired) electrons. The lowest BCUT2D eigenvalue weighted by molar-refractivity contribution is 0.581. The number of pyridine rings is 1. The average Bonchev–Trinajstić information content (AvgIpc) is 3.15. The second kappa shape index (κ2) is 7.47. The van der Waals surface area contributed by atoms with E-state index in [9.17, 15) is 8.42 Å². The highest BCUT2D eigenvalue weighted by Gasteiger charge is 2.15. The summed E-state index contributed by atoms with van der Waals surface area (Å²) in [5.74, 6) is 0.369. The minimum Gasteiger partial charge on any atom is -0.256 e. The van der Waals surface area contributed by atoms with Gasteiger partial charge in [-0.15, -0.1) is 0 Å². The molecular formula is C19H20N2O2S2. The molecule has 25 heavy (non-hydrogen) atoms. The highest BCUT2D eigenvalue weighted by molar-refractivity contribution is 7.89. The third kappa shape index (κ3) is 4.15. The van der Waals surface area contributed by atoms with Crippen molar-refractivity contribution in [3.8, 4) is 11.3 Å². The van der Waals surface area contributed by atoms with Gasteiger partial charge in [0, 0.05) is 23.7 Å². The Kier molecular flexibility index (Phi) is 5.32. The van der Waals surface area contributed by atoms with Gasteiger partial charge in [0.25, 0.3) is 0 Å². The van der Waals surface area contributed by atoms with E-state index in [4.69, 9.17) is 0 Å². The molecule has 0 spiro atoms. The van der Waals surface area contributed by atoms with E-state index in [0.717, 1.165) is 22.4 Å². The third-order valence-electron chi connectivity index (χ3n) is 4.00. The van der Waals surface area contributed by atoms with Crippen LogP contribution >= 0.6 is 11.3 Å². The number of nitrogens with zero attached hydrogens (tertiary/aromatic N) is 1. The van der Waals surface area contributed by atoms with Gasteiger partial charge in [-0.05, 0) is 46.7 Å². The minimum atomic E-state index is -3.56. The zero-order chi connectivity index (χ0) is 17.9. The van der Waals surface area contributed by atoms with Crippen LogP contribution in [0.3, 0.4) is 0 Å². The predicted octanol–water partition coefficient (Wildman–Crippen LogP) is 4.41. The fraction of sp³-hybridized carbons (Fsp3) is 0.211. The van der Waals surface area contributed by atoms with E-state index in [2.05, 4.69) is 23.6 Å². The standard InChI is InChI=1S/C19H20N2O2S2/c1-14(2)15-5-7-18(8-6-15)25(22,23)21-12-16-4-3-10-20-19(16)17-9-11-24-13-17/h3-11,13-14,21H,12H2,1-2H3. The van der Waals surface area contributed by atoms with Gasteiger partial charge >= 0.3 is 0 Å². The van der Waals surface area contributed by atoms with Gasteiger partial charge in [-0.25, -0.2) is 13.1 Å². The van der Waals surface area contributed by atoms with Gasteiger partial charge in [0.15, 0.2) is 0 Å². The molecule has 3 aromatic rings. The van der Waals surface area contributed by atoms with Gasteiger partial charge in [-0.3, -0.25) is 4.98 Å². The molecule has 0 bridgehead atoms. The monoisotopic (exact) mass is 372 g/mol. The van der Waals surface area contributed by atoms with E-state index in [0.29, 0.717) is 5.92 Å². The quantitative estimate of drug-likeness (QED) is 0.697. The molecule has 0 atom stereocenters. The van der Waals surface area contributed by atoms with Gasteiger partial charge in [0.2, 0.25) is 10.0 Å². The number of rotatable bonds is 6. The maximum atomic E-state index is 12.6. The molecule has 1 N–H and O–H groups in total. The summed E-state index contributed by atoms with van der Waals surface area (Å²) in [5.41, 5.74) is 3.77. The summed E-state index contributed by atoms with van der Waals surface area (Å²) in [4.78, 5) is 4.67. The highest BCUT2D eigenvalue weighted by atomic mass is 32.2. The molecule has 2 heterocycles. The van der Waals surface area contributed by atoms with Crippen LogP contribution in [0, 0.1) is 0 Å². The van der Waals surface area contributed by atoms with E-state index in [1.807, 2.05) is 41.1 Å². The van der Waals surface area contributed by atoms with Crippen LogP contribution in [0.2, 0.25) is 0 Å². The summed E-state index contributed by atoms with van der Waals surface area (Å²) in [7, 11) is -3.56. The van der Waals surface area contributed by atoms with Crippen LogP contribution in [-0.4, -0.2) is 13.4 Å². The van der Waals surface area contributed by atoms with Gasteiger partial charge in [-0.2, -0.15) is 11.3 Å². The molecule has 0 unspecified atom stereocenters. The number of hydrogen-bond donors (Lipinski definition) is 1. The first-order valence-corrected chi connectivity index (χ1v) is 10.5. The van der Waals surface area contributed by atoms with Crippen LogP contribution in [0.15, 0.2) is 64.3 Å². The average molecular weight is 373 g/mol. The first kappa shape index (κ1) is 17.8. The third-order valence-corrected chi connectivity index (χ3v) is 6.10. The molecule has 0 saturated carbocycles. The number of benzene rings is 1. The Bertz CT molecular complexity index is 932. The molecule has 4 nitrogen and oxygen atoms in total. The predicted molar refractivity (Wildman–Crippen MR) is 102 cm³/mol. The van der Waals surface area contributed by atoms with Crippen LogP contribution in [0.1, 0.15) is 30.9 Å². The summed E-state index contributed by atoms with van der Waals surface area (Å²) < 4.78 is 27.8. The lowest BCUT2D eigenvalue weighted by atomic mass is 10.0. The fourth-order valence-corrected chi connectivity index (χ4v) is 4.18. The van der Waals surface area contributed by atoms with Crippen molar-refractivity contribution in [3.63, 3.8) is 0 Å². The van der Waals surface area contributed by atoms with Crippen molar-refractivity contribution in [2.45, 2.75) is 31.2 Å². The van der Waals surface area contributed by atoms with Crippen molar-refractivity contribution in [3.05, 3.63) is 70.5 Å². The van der Waals surface area contributed by atoms with Crippen molar-refractivity contribution in [2.24, 2.45) is 0 Å². The van der Waals surface area contributed by atoms with E-state index >= 15 is 0 Å². The topological polar surface area (TPSA) is 59.1 Å². The van der Waals surface area contributed by atoms with Crippen LogP contribution in [-0.2, 0) is 16.6 Å². The normalized spacial score (nSPS) is 11.8. The molecule has 0 fully saturated rings. The Morgan fingerprint density at radius 3 is 2.52 bits per heavy atom. The number of aromatic nitrogens is 1. The Hall–Kier alpha value is -2.02. The molecule has 2 aromatic heterocycles. The van der Waals surface area contributed by atoms with Crippen molar-refractivity contribution in [1.29, 1.82) is 0 Å². The number of nitrogens with one attached hydrogen (secondary N) is 1. The lowest BCUT2D eigenvalue weighted by Gasteiger charge is -2.11. The molecule has 1 aromatic carbocycles. The first-order valence-electron chi connectivity index (χ1n) is 8.03. The molecular weight excluding hydrogens is 352 g/mol. The second-order valence-corrected chi connectivity index (χ2v) is 8.62. The van der Waals surface area contributed by atoms with E-state index < -0.39 is 10.0 Å². The Morgan fingerprint density at radius 1 is 1.12 bits per heavy atom. The van der Waals surface area contributed by atoms with Crippen LogP contribution in [0.4, 0.5) is 0 Å². The number of hydrogen-bond acceptors (Lipinski definition) is 4. The van der Waals surface area contributed by atoms with Crippen molar-refractivity contribution >= 4 is 21.4 Å². The SMILES string of the molecule is CC(C)c1ccc(S(=O)(=O)NCc2cccnc2-c2ccsc2)cc1. The zero-order valence-corrected chi connectivity index (χ0v) is 15.8. The van der Waals surface area contributed by atoms with Crippen LogP contribution in [0.25, 0.3) is 11.3 Å². The summed E-state index contributed by atoms with van der Waals surface area (Å²) in [6, 6.07) is 12.7. The Balaban J connectivity index is 1.79. The van der Waals surface area contributed by atoms with Gasteiger partial charge in [0.05, 0.1) is 10.6 Å². The van der Waals surface area contributed by atoms with Crippen LogP contribution < -0.4 is 4.72 Å². The van der Waals surface area contributed by atoms with Gasteiger partial charge < -0.3 is 0 Å². The maximum Gasteiger partial charge on any atom is 0.240 e. The minimum absolute atomic E-state index is 0.202. The first-order chi connectivity index (χ1) is 12.0. The smallest absolute Gasteiger partial charge is 0.240 e. The Morgan fingerprint density at radius 2 is 1.88 bits per heavy atom. The van der Waals surface area contributed by atoms with Crippen molar-refractivity contribution < 1.29 is 8.42 Å². The van der Waals surface area contributed by atoms with Crippen molar-refractivity contribution in [1.82, 2.24) is 9.71 Å². The maximum absolute atomic E-state index is 12.6. The summed E-state index contributed by atoms with van der Waals surface area (Å²) in [6.45, 7) is 4.36. The summed E-state index contributed by atoms with van der Waals surface area (Å²) in [5, 5.41) is 3.99. The van der Waals surface area contributed by atoms with Crippen LogP contribution in [0.5, 0.6) is 0 Å². The second-order valence-electron chi connectivity index (χ2n) is 6.07. The number of sulfonamides is 1. The number of thiophene rings is 1. The van der Waals surface area contributed by atoms with E-state index in [1.54, 1.807) is 29.7 Å². The van der Waals surface area contributed by atoms with E-state index in [-0.39, 0.29) is 11.4 Å². The lowest BCUT2D eigenvalue weighted by Crippen LogP contribution is -2.23.